The molecule has 2 saturated heterocycles. The van der Waals surface area contributed by atoms with Crippen LogP contribution >= 0.6 is 0 Å². The summed E-state index contributed by atoms with van der Waals surface area (Å²) in [5.74, 6) is -1.35. The molecule has 1 aromatic rings. The monoisotopic (exact) mass is 380 g/mol. The third-order valence-corrected chi connectivity index (χ3v) is 6.25. The van der Waals surface area contributed by atoms with Crippen molar-refractivity contribution in [1.82, 2.24) is 4.90 Å². The number of para-hydroxylation sites is 1. The van der Waals surface area contributed by atoms with Gasteiger partial charge in [0.2, 0.25) is 11.8 Å². The lowest BCUT2D eigenvalue weighted by atomic mass is 9.79. The molecule has 2 amide bonds. The summed E-state index contributed by atoms with van der Waals surface area (Å²) in [6.07, 6.45) is 5.73. The van der Waals surface area contributed by atoms with Crippen LogP contribution in [0.2, 0.25) is 0 Å². The second kappa shape index (κ2) is 6.57. The number of nitrogens with zero attached hydrogens (tertiary/aromatic N) is 2. The maximum Gasteiger partial charge on any atom is 0.235 e. The molecule has 4 rings (SSSR count). The number of amides is 2. The van der Waals surface area contributed by atoms with Gasteiger partial charge in [-0.2, -0.15) is 0 Å². The zero-order valence-corrected chi connectivity index (χ0v) is 17.0. The Labute approximate surface area is 166 Å². The predicted molar refractivity (Wildman–Crippen MR) is 109 cm³/mol. The molecule has 0 N–H and O–H groups in total. The number of hydrogen-bond acceptors (Lipinski definition) is 4. The maximum absolute atomic E-state index is 13.5. The van der Waals surface area contributed by atoms with E-state index in [4.69, 9.17) is 0 Å². The quantitative estimate of drug-likeness (QED) is 0.752. The molecular formula is C23H28N2O3. The molecule has 5 nitrogen and oxygen atoms in total. The van der Waals surface area contributed by atoms with E-state index >= 15 is 0 Å². The minimum absolute atomic E-state index is 0.0218. The first kappa shape index (κ1) is 18.9. The topological polar surface area (TPSA) is 57.7 Å². The molecule has 1 aromatic carbocycles. The molecule has 3 aliphatic rings. The molecule has 148 valence electrons. The Morgan fingerprint density at radius 3 is 2.43 bits per heavy atom. The fourth-order valence-corrected chi connectivity index (χ4v) is 4.86. The van der Waals surface area contributed by atoms with Crippen LogP contribution in [0.3, 0.4) is 0 Å². The van der Waals surface area contributed by atoms with Crippen LogP contribution in [-0.2, 0) is 14.4 Å². The third-order valence-electron chi connectivity index (χ3n) is 6.25. The highest BCUT2D eigenvalue weighted by molar-refractivity contribution is 6.11. The lowest BCUT2D eigenvalue weighted by Crippen LogP contribution is -2.51. The number of likely N-dealkylation sites (tertiary alicyclic amines) is 1. The fraction of sp³-hybridized carbons (Fsp3) is 0.522. The highest BCUT2D eigenvalue weighted by atomic mass is 16.2. The molecule has 0 bridgehead atoms. The summed E-state index contributed by atoms with van der Waals surface area (Å²) in [7, 11) is 0. The summed E-state index contributed by atoms with van der Waals surface area (Å²) in [6.45, 7) is 8.16. The highest BCUT2D eigenvalue weighted by Gasteiger charge is 2.64. The average molecular weight is 380 g/mol. The number of unbranched alkanes of at least 4 members (excludes halogenated alkanes) is 1. The van der Waals surface area contributed by atoms with Gasteiger partial charge in [-0.15, -0.1) is 0 Å². The smallest absolute Gasteiger partial charge is 0.235 e. The van der Waals surface area contributed by atoms with Crippen molar-refractivity contribution >= 4 is 29.4 Å². The van der Waals surface area contributed by atoms with Crippen molar-refractivity contribution < 1.29 is 14.4 Å². The summed E-state index contributed by atoms with van der Waals surface area (Å²) in [5, 5.41) is 0. The molecule has 5 heteroatoms. The van der Waals surface area contributed by atoms with E-state index in [2.05, 4.69) is 0 Å². The SMILES string of the molecule is CCCCN1C(=O)[C@@H]2[C@H](C1=O)[C@@H]1C=Cc3ccccc3N1[C@@H]2C(=O)C(C)(C)C. The lowest BCUT2D eigenvalue weighted by molar-refractivity contribution is -0.142. The summed E-state index contributed by atoms with van der Waals surface area (Å²) in [6, 6.07) is 7.04. The van der Waals surface area contributed by atoms with Crippen molar-refractivity contribution in [2.75, 3.05) is 11.4 Å². The summed E-state index contributed by atoms with van der Waals surface area (Å²) in [4.78, 5) is 43.5. The highest BCUT2D eigenvalue weighted by Crippen LogP contribution is 2.49. The van der Waals surface area contributed by atoms with Crippen LogP contribution < -0.4 is 4.90 Å². The minimum atomic E-state index is -0.607. The number of rotatable bonds is 4. The Hall–Kier alpha value is -2.43. The minimum Gasteiger partial charge on any atom is -0.353 e. The van der Waals surface area contributed by atoms with E-state index in [0.717, 1.165) is 24.1 Å². The molecule has 28 heavy (non-hydrogen) atoms. The normalized spacial score (nSPS) is 28.4. The Kier molecular flexibility index (Phi) is 4.44. The van der Waals surface area contributed by atoms with Gasteiger partial charge in [0.05, 0.1) is 17.9 Å². The number of ketones is 1. The van der Waals surface area contributed by atoms with Crippen LogP contribution in [0.4, 0.5) is 5.69 Å². The molecule has 0 unspecified atom stereocenters. The predicted octanol–water partition coefficient (Wildman–Crippen LogP) is 3.29. The number of benzene rings is 1. The van der Waals surface area contributed by atoms with Crippen LogP contribution in [0, 0.1) is 17.3 Å². The molecule has 0 aliphatic carbocycles. The van der Waals surface area contributed by atoms with Gasteiger partial charge in [-0.05, 0) is 18.1 Å². The maximum atomic E-state index is 13.5. The first-order valence-electron chi connectivity index (χ1n) is 10.2. The van der Waals surface area contributed by atoms with E-state index in [1.165, 1.54) is 4.90 Å². The number of anilines is 1. The second-order valence-corrected chi connectivity index (χ2v) is 9.11. The first-order chi connectivity index (χ1) is 13.3. The molecule has 4 atom stereocenters. The summed E-state index contributed by atoms with van der Waals surface area (Å²) < 4.78 is 0. The van der Waals surface area contributed by atoms with Crippen molar-refractivity contribution in [2.24, 2.45) is 17.3 Å². The van der Waals surface area contributed by atoms with E-state index in [0.29, 0.717) is 6.54 Å². The van der Waals surface area contributed by atoms with Gasteiger partial charge in [0, 0.05) is 17.6 Å². The molecule has 0 aromatic heterocycles. The molecule has 0 radical (unpaired) electrons. The average Bonchev–Trinajstić information content (AvgIpc) is 3.12. The number of carbonyl (C=O) groups excluding carboxylic acids is 3. The number of fused-ring (bicyclic) bond motifs is 5. The van der Waals surface area contributed by atoms with Gasteiger partial charge in [-0.25, -0.2) is 0 Å². The molecule has 3 aliphatic heterocycles. The Bertz CT molecular complexity index is 867. The Morgan fingerprint density at radius 2 is 1.75 bits per heavy atom. The second-order valence-electron chi connectivity index (χ2n) is 9.11. The molecule has 0 spiro atoms. The first-order valence-corrected chi connectivity index (χ1v) is 10.2. The van der Waals surface area contributed by atoms with Crippen molar-refractivity contribution in [2.45, 2.75) is 52.6 Å². The van der Waals surface area contributed by atoms with Gasteiger partial charge in [0.15, 0.2) is 5.78 Å². The van der Waals surface area contributed by atoms with Crippen molar-refractivity contribution in [3.63, 3.8) is 0 Å². The molecular weight excluding hydrogens is 352 g/mol. The fourth-order valence-electron chi connectivity index (χ4n) is 4.86. The summed E-state index contributed by atoms with van der Waals surface area (Å²) >= 11 is 0. The number of hydrogen-bond donors (Lipinski definition) is 0. The molecule has 2 fully saturated rings. The van der Waals surface area contributed by atoms with Crippen molar-refractivity contribution in [3.8, 4) is 0 Å². The standard InChI is InChI=1S/C23H28N2O3/c1-5-6-13-24-21(27)17-16-12-11-14-9-7-8-10-15(14)25(16)19(18(17)22(24)28)20(26)23(2,3)4/h7-12,16-19H,5-6,13H2,1-4H3/t16-,17+,18+,19-/m0/s1. The van der Waals surface area contributed by atoms with Crippen molar-refractivity contribution in [1.29, 1.82) is 0 Å². The van der Waals surface area contributed by atoms with Crippen LogP contribution in [-0.4, -0.2) is 41.1 Å². The Balaban J connectivity index is 1.82. The molecule has 3 heterocycles. The number of Topliss-reactive ketones (excluding diaryl/α,β-unsaturated/α-hetero) is 1. The van der Waals surface area contributed by atoms with Crippen LogP contribution in [0.15, 0.2) is 30.3 Å². The molecule has 0 saturated carbocycles. The van der Waals surface area contributed by atoms with Gasteiger partial charge in [0.25, 0.3) is 0 Å². The van der Waals surface area contributed by atoms with Crippen LogP contribution in [0.25, 0.3) is 6.08 Å². The Morgan fingerprint density at radius 1 is 1.07 bits per heavy atom. The third kappa shape index (κ3) is 2.63. The van der Waals surface area contributed by atoms with Gasteiger partial charge in [0.1, 0.15) is 6.04 Å². The zero-order valence-electron chi connectivity index (χ0n) is 17.0. The van der Waals surface area contributed by atoms with E-state index in [-0.39, 0.29) is 23.6 Å². The van der Waals surface area contributed by atoms with Gasteiger partial charge < -0.3 is 4.90 Å². The van der Waals surface area contributed by atoms with Crippen molar-refractivity contribution in [3.05, 3.63) is 35.9 Å². The number of carbonyl (C=O) groups is 3. The zero-order chi connectivity index (χ0) is 20.2. The number of imide groups is 1. The van der Waals surface area contributed by atoms with Gasteiger partial charge in [-0.1, -0.05) is 64.5 Å². The van der Waals surface area contributed by atoms with Gasteiger partial charge >= 0.3 is 0 Å². The van der Waals surface area contributed by atoms with Gasteiger partial charge in [-0.3, -0.25) is 19.3 Å². The largest absolute Gasteiger partial charge is 0.353 e. The van der Waals surface area contributed by atoms with Crippen LogP contribution in [0.1, 0.15) is 46.1 Å². The van der Waals surface area contributed by atoms with E-state index in [1.807, 2.05) is 69.0 Å². The van der Waals surface area contributed by atoms with E-state index in [9.17, 15) is 14.4 Å². The van der Waals surface area contributed by atoms with Crippen LogP contribution in [0.5, 0.6) is 0 Å². The summed E-state index contributed by atoms with van der Waals surface area (Å²) in [5.41, 5.74) is 1.36. The lowest BCUT2D eigenvalue weighted by Gasteiger charge is -2.38. The van der Waals surface area contributed by atoms with E-state index < -0.39 is 23.3 Å². The van der Waals surface area contributed by atoms with E-state index in [1.54, 1.807) is 0 Å².